The first-order valence-corrected chi connectivity index (χ1v) is 9.04. The Balaban J connectivity index is 1.41. The number of nitrogens with zero attached hydrogens (tertiary/aromatic N) is 1. The van der Waals surface area contributed by atoms with E-state index in [1.807, 2.05) is 19.9 Å². The third-order valence-corrected chi connectivity index (χ3v) is 4.91. The highest BCUT2D eigenvalue weighted by Gasteiger charge is 2.29. The molecule has 2 heterocycles. The van der Waals surface area contributed by atoms with Crippen LogP contribution in [-0.4, -0.2) is 29.3 Å². The Morgan fingerprint density at radius 2 is 1.93 bits per heavy atom. The van der Waals surface area contributed by atoms with E-state index in [2.05, 4.69) is 9.88 Å². The molecule has 7 nitrogen and oxygen atoms in total. The normalized spacial score (nSPS) is 16.1. The molecule has 7 heteroatoms. The highest BCUT2D eigenvalue weighted by molar-refractivity contribution is 5.98. The van der Waals surface area contributed by atoms with Crippen molar-refractivity contribution < 1.29 is 23.8 Å². The topological polar surface area (TPSA) is 78.8 Å². The van der Waals surface area contributed by atoms with Crippen LogP contribution >= 0.6 is 0 Å². The van der Waals surface area contributed by atoms with E-state index >= 15 is 0 Å². The zero-order chi connectivity index (χ0) is 19.1. The minimum atomic E-state index is -0.924. The van der Waals surface area contributed by atoms with Crippen molar-refractivity contribution in [1.29, 1.82) is 0 Å². The molecule has 0 radical (unpaired) electrons. The maximum Gasteiger partial charge on any atom is 0.340 e. The first kappa shape index (κ1) is 17.5. The average molecular weight is 370 g/mol. The molecule has 1 amide bonds. The highest BCUT2D eigenvalue weighted by Crippen LogP contribution is 2.38. The maximum absolute atomic E-state index is 12.5. The lowest BCUT2D eigenvalue weighted by atomic mass is 10.2. The smallest absolute Gasteiger partial charge is 0.340 e. The number of ether oxygens (including phenoxy) is 3. The molecule has 4 rings (SSSR count). The summed E-state index contributed by atoms with van der Waals surface area (Å²) in [6.07, 6.45) is 1.35. The maximum atomic E-state index is 12.5. The van der Waals surface area contributed by atoms with Crippen molar-refractivity contribution in [2.24, 2.45) is 0 Å². The summed E-state index contributed by atoms with van der Waals surface area (Å²) < 4.78 is 18.1. The first-order chi connectivity index (χ1) is 12.9. The van der Waals surface area contributed by atoms with Crippen molar-refractivity contribution in [2.45, 2.75) is 45.8 Å². The SMILES string of the molecule is Cc1cc(C(=O)O[C@H](C)C(=O)Nc2ccc3c(c2)OCO3)c(C)n1C1CC1. The molecule has 1 fully saturated rings. The van der Waals surface area contributed by atoms with E-state index in [0.29, 0.717) is 28.8 Å². The van der Waals surface area contributed by atoms with Crippen LogP contribution in [0.1, 0.15) is 47.6 Å². The predicted molar refractivity (Wildman–Crippen MR) is 98.2 cm³/mol. The number of fused-ring (bicyclic) bond motifs is 1. The minimum Gasteiger partial charge on any atom is -0.454 e. The van der Waals surface area contributed by atoms with Gasteiger partial charge < -0.3 is 24.1 Å². The summed E-state index contributed by atoms with van der Waals surface area (Å²) in [5.74, 6) is 0.324. The van der Waals surface area contributed by atoms with E-state index in [9.17, 15) is 9.59 Å². The summed E-state index contributed by atoms with van der Waals surface area (Å²) in [5.41, 5.74) is 3.00. The van der Waals surface area contributed by atoms with Crippen molar-refractivity contribution in [3.05, 3.63) is 41.2 Å². The molecule has 1 N–H and O–H groups in total. The molecule has 1 atom stereocenters. The van der Waals surface area contributed by atoms with E-state index in [-0.39, 0.29) is 6.79 Å². The van der Waals surface area contributed by atoms with Crippen molar-refractivity contribution in [3.8, 4) is 11.5 Å². The van der Waals surface area contributed by atoms with Gasteiger partial charge in [0.15, 0.2) is 17.6 Å². The molecule has 2 aromatic rings. The average Bonchev–Trinajstić information content (AvgIpc) is 3.26. The summed E-state index contributed by atoms with van der Waals surface area (Å²) >= 11 is 0. The Bertz CT molecular complexity index is 913. The molecule has 0 saturated heterocycles. The van der Waals surface area contributed by atoms with Crippen molar-refractivity contribution >= 4 is 17.6 Å². The fraction of sp³-hybridized carbons (Fsp3) is 0.400. The van der Waals surface area contributed by atoms with Crippen LogP contribution < -0.4 is 14.8 Å². The number of esters is 1. The Hall–Kier alpha value is -2.96. The van der Waals surface area contributed by atoms with Crippen LogP contribution in [0, 0.1) is 13.8 Å². The van der Waals surface area contributed by atoms with E-state index in [0.717, 1.165) is 24.2 Å². The fourth-order valence-electron chi connectivity index (χ4n) is 3.37. The van der Waals surface area contributed by atoms with Gasteiger partial charge in [0.2, 0.25) is 6.79 Å². The number of hydrogen-bond donors (Lipinski definition) is 1. The van der Waals surface area contributed by atoms with E-state index < -0.39 is 18.0 Å². The van der Waals surface area contributed by atoms with E-state index in [4.69, 9.17) is 14.2 Å². The number of hydrogen-bond acceptors (Lipinski definition) is 5. The quantitative estimate of drug-likeness (QED) is 0.817. The second-order valence-electron chi connectivity index (χ2n) is 6.99. The zero-order valence-electron chi connectivity index (χ0n) is 15.6. The lowest BCUT2D eigenvalue weighted by molar-refractivity contribution is -0.123. The number of benzene rings is 1. The Morgan fingerprint density at radius 3 is 2.67 bits per heavy atom. The third-order valence-electron chi connectivity index (χ3n) is 4.91. The number of aromatic nitrogens is 1. The van der Waals surface area contributed by atoms with Gasteiger partial charge in [-0.1, -0.05) is 0 Å². The van der Waals surface area contributed by atoms with Crippen LogP contribution in [0.5, 0.6) is 11.5 Å². The van der Waals surface area contributed by atoms with E-state index in [1.54, 1.807) is 25.1 Å². The molecule has 1 aliphatic heterocycles. The third kappa shape index (κ3) is 3.37. The summed E-state index contributed by atoms with van der Waals surface area (Å²) in [5, 5.41) is 2.73. The lowest BCUT2D eigenvalue weighted by Gasteiger charge is -2.14. The Morgan fingerprint density at radius 1 is 1.19 bits per heavy atom. The minimum absolute atomic E-state index is 0.167. The lowest BCUT2D eigenvalue weighted by Crippen LogP contribution is -2.30. The molecule has 1 aromatic heterocycles. The number of nitrogens with one attached hydrogen (secondary N) is 1. The van der Waals surface area contributed by atoms with Gasteiger partial charge >= 0.3 is 5.97 Å². The second kappa shape index (κ2) is 6.64. The van der Waals surface area contributed by atoms with E-state index in [1.165, 1.54) is 0 Å². The molecule has 1 aromatic carbocycles. The van der Waals surface area contributed by atoms with Gasteiger partial charge in [-0.05, 0) is 51.8 Å². The summed E-state index contributed by atoms with van der Waals surface area (Å²) in [6, 6.07) is 7.43. The van der Waals surface area contributed by atoms with Gasteiger partial charge in [-0.15, -0.1) is 0 Å². The molecule has 1 aliphatic carbocycles. The molecule has 0 bridgehead atoms. The van der Waals surface area contributed by atoms with Crippen LogP contribution in [0.4, 0.5) is 5.69 Å². The van der Waals surface area contributed by atoms with Gasteiger partial charge in [0, 0.05) is 29.2 Å². The monoisotopic (exact) mass is 370 g/mol. The highest BCUT2D eigenvalue weighted by atomic mass is 16.7. The van der Waals surface area contributed by atoms with Crippen LogP contribution in [0.2, 0.25) is 0 Å². The number of anilines is 1. The van der Waals surface area contributed by atoms with Crippen LogP contribution in [-0.2, 0) is 9.53 Å². The molecule has 0 unspecified atom stereocenters. The summed E-state index contributed by atoms with van der Waals surface area (Å²) in [4.78, 5) is 24.9. The van der Waals surface area contributed by atoms with Gasteiger partial charge in [-0.3, -0.25) is 4.79 Å². The molecule has 2 aliphatic rings. The van der Waals surface area contributed by atoms with Crippen LogP contribution in [0.25, 0.3) is 0 Å². The summed E-state index contributed by atoms with van der Waals surface area (Å²) in [7, 11) is 0. The predicted octanol–water partition coefficient (Wildman–Crippen LogP) is 3.35. The first-order valence-electron chi connectivity index (χ1n) is 9.04. The number of carbonyl (C=O) groups excluding carboxylic acids is 2. The fourth-order valence-corrected chi connectivity index (χ4v) is 3.37. The summed E-state index contributed by atoms with van der Waals surface area (Å²) in [6.45, 7) is 5.62. The van der Waals surface area contributed by atoms with Gasteiger partial charge in [-0.2, -0.15) is 0 Å². The molecular weight excluding hydrogens is 348 g/mol. The standard InChI is InChI=1S/C20H22N2O5/c1-11-8-16(12(2)22(11)15-5-6-15)20(24)27-13(3)19(23)21-14-4-7-17-18(9-14)26-10-25-17/h4,7-9,13,15H,5-6,10H2,1-3H3,(H,21,23)/t13-/m1/s1. The van der Waals surface area contributed by atoms with Crippen LogP contribution in [0.3, 0.4) is 0 Å². The molecule has 27 heavy (non-hydrogen) atoms. The Kier molecular flexibility index (Phi) is 4.30. The number of aryl methyl sites for hydroxylation is 1. The zero-order valence-corrected chi connectivity index (χ0v) is 15.6. The molecule has 1 saturated carbocycles. The largest absolute Gasteiger partial charge is 0.454 e. The van der Waals surface area contributed by atoms with Crippen molar-refractivity contribution in [1.82, 2.24) is 4.57 Å². The van der Waals surface area contributed by atoms with Gasteiger partial charge in [0.25, 0.3) is 5.91 Å². The molecule has 0 spiro atoms. The number of rotatable bonds is 5. The number of carbonyl (C=O) groups is 2. The van der Waals surface area contributed by atoms with Gasteiger partial charge in [-0.25, -0.2) is 4.79 Å². The second-order valence-corrected chi connectivity index (χ2v) is 6.99. The molecule has 142 valence electrons. The van der Waals surface area contributed by atoms with Crippen molar-refractivity contribution in [3.63, 3.8) is 0 Å². The van der Waals surface area contributed by atoms with Gasteiger partial charge in [0.1, 0.15) is 0 Å². The van der Waals surface area contributed by atoms with Gasteiger partial charge in [0.05, 0.1) is 5.56 Å². The van der Waals surface area contributed by atoms with Crippen LogP contribution in [0.15, 0.2) is 24.3 Å². The van der Waals surface area contributed by atoms with Crippen molar-refractivity contribution in [2.75, 3.05) is 12.1 Å². The number of amides is 1. The Labute approximate surface area is 157 Å². The molecular formula is C20H22N2O5.